The number of fused-ring (bicyclic) bond motifs is 1. The maximum absolute atomic E-state index is 11.1. The first kappa shape index (κ1) is 11.7. The largest absolute Gasteiger partial charge is 0.477 e. The minimum absolute atomic E-state index is 0.0795. The van der Waals surface area contributed by atoms with E-state index in [0.717, 1.165) is 11.3 Å². The molecule has 0 unspecified atom stereocenters. The molecule has 0 atom stereocenters. The van der Waals surface area contributed by atoms with E-state index in [9.17, 15) is 4.79 Å². The van der Waals surface area contributed by atoms with Crippen LogP contribution in [0.3, 0.4) is 0 Å². The molecule has 19 heavy (non-hydrogen) atoms. The highest BCUT2D eigenvalue weighted by molar-refractivity contribution is 6.30. The van der Waals surface area contributed by atoms with Gasteiger partial charge in [-0.15, -0.1) is 0 Å². The van der Waals surface area contributed by atoms with Crippen LogP contribution in [0.15, 0.2) is 42.7 Å². The first-order chi connectivity index (χ1) is 9.16. The van der Waals surface area contributed by atoms with Crippen molar-refractivity contribution in [3.05, 3.63) is 53.3 Å². The molecule has 5 nitrogen and oxygen atoms in total. The summed E-state index contributed by atoms with van der Waals surface area (Å²) in [6.45, 7) is 0. The summed E-state index contributed by atoms with van der Waals surface area (Å²) >= 11 is 5.85. The summed E-state index contributed by atoms with van der Waals surface area (Å²) in [7, 11) is 0. The van der Waals surface area contributed by atoms with Crippen LogP contribution in [-0.4, -0.2) is 25.7 Å². The lowest BCUT2D eigenvalue weighted by Crippen LogP contribution is -1.99. The van der Waals surface area contributed by atoms with E-state index >= 15 is 0 Å². The van der Waals surface area contributed by atoms with Gasteiger partial charge in [-0.05, 0) is 18.2 Å². The average Bonchev–Trinajstić information content (AvgIpc) is 2.83. The molecule has 1 aromatic carbocycles. The lowest BCUT2D eigenvalue weighted by molar-refractivity contribution is 0.0699. The number of halogens is 1. The molecular weight excluding hydrogens is 266 g/mol. The molecule has 0 aliphatic rings. The second-order valence-corrected chi connectivity index (χ2v) is 4.37. The van der Waals surface area contributed by atoms with E-state index in [1.54, 1.807) is 24.4 Å². The van der Waals surface area contributed by atoms with Gasteiger partial charge in [-0.2, -0.15) is 5.10 Å². The minimum atomic E-state index is -1.05. The number of carbonyl (C=O) groups is 1. The quantitative estimate of drug-likeness (QED) is 0.779. The van der Waals surface area contributed by atoms with Gasteiger partial charge in [-0.1, -0.05) is 23.7 Å². The standard InChI is InChI=1S/C13H8ClN3O2/c14-9-3-1-8(2-4-9)11-5-6-15-12-10(13(18)19)7-16-17(11)12/h1-7H,(H,18,19). The van der Waals surface area contributed by atoms with Crippen molar-refractivity contribution in [1.82, 2.24) is 14.6 Å². The van der Waals surface area contributed by atoms with Crippen molar-refractivity contribution in [2.75, 3.05) is 0 Å². The number of hydrogen-bond donors (Lipinski definition) is 1. The van der Waals surface area contributed by atoms with E-state index in [-0.39, 0.29) is 5.56 Å². The van der Waals surface area contributed by atoms with Crippen molar-refractivity contribution in [2.24, 2.45) is 0 Å². The van der Waals surface area contributed by atoms with Crippen LogP contribution in [0.2, 0.25) is 5.02 Å². The summed E-state index contributed by atoms with van der Waals surface area (Å²) in [5.41, 5.74) is 2.04. The van der Waals surface area contributed by atoms with Gasteiger partial charge >= 0.3 is 5.97 Å². The van der Waals surface area contributed by atoms with Crippen LogP contribution in [0.4, 0.5) is 0 Å². The van der Waals surface area contributed by atoms with Gasteiger partial charge in [0.05, 0.1) is 11.9 Å². The molecular formula is C13H8ClN3O2. The maximum atomic E-state index is 11.1. The third-order valence-corrected chi connectivity index (χ3v) is 3.02. The van der Waals surface area contributed by atoms with Gasteiger partial charge in [0.25, 0.3) is 0 Å². The summed E-state index contributed by atoms with van der Waals surface area (Å²) < 4.78 is 1.51. The Balaban J connectivity index is 2.25. The highest BCUT2D eigenvalue weighted by atomic mass is 35.5. The zero-order chi connectivity index (χ0) is 13.4. The summed E-state index contributed by atoms with van der Waals surface area (Å²) in [4.78, 5) is 15.1. The molecule has 0 aliphatic carbocycles. The highest BCUT2D eigenvalue weighted by Crippen LogP contribution is 2.22. The molecule has 0 spiro atoms. The summed E-state index contributed by atoms with van der Waals surface area (Å²) in [6, 6.07) is 9.00. The van der Waals surface area contributed by atoms with Gasteiger partial charge in [0.1, 0.15) is 5.56 Å². The molecule has 0 amide bonds. The van der Waals surface area contributed by atoms with Crippen LogP contribution in [0, 0.1) is 0 Å². The van der Waals surface area contributed by atoms with Gasteiger partial charge in [0.15, 0.2) is 5.65 Å². The van der Waals surface area contributed by atoms with Crippen LogP contribution >= 0.6 is 11.6 Å². The monoisotopic (exact) mass is 273 g/mol. The Hall–Kier alpha value is -2.40. The molecule has 0 saturated heterocycles. The molecule has 0 bridgehead atoms. The zero-order valence-electron chi connectivity index (χ0n) is 9.62. The van der Waals surface area contributed by atoms with Crippen LogP contribution < -0.4 is 0 Å². The topological polar surface area (TPSA) is 67.5 Å². The number of rotatable bonds is 2. The predicted octanol–water partition coefficient (Wildman–Crippen LogP) is 2.75. The predicted molar refractivity (Wildman–Crippen MR) is 70.4 cm³/mol. The first-order valence-electron chi connectivity index (χ1n) is 5.49. The minimum Gasteiger partial charge on any atom is -0.477 e. The molecule has 0 radical (unpaired) electrons. The number of carboxylic acid groups (broad SMARTS) is 1. The normalized spacial score (nSPS) is 10.8. The second-order valence-electron chi connectivity index (χ2n) is 3.94. The van der Waals surface area contributed by atoms with E-state index in [2.05, 4.69) is 10.1 Å². The number of aromatic nitrogens is 3. The van der Waals surface area contributed by atoms with Crippen molar-refractivity contribution in [3.63, 3.8) is 0 Å². The molecule has 6 heteroatoms. The Morgan fingerprint density at radius 3 is 2.63 bits per heavy atom. The number of aromatic carboxylic acids is 1. The Morgan fingerprint density at radius 1 is 1.21 bits per heavy atom. The third-order valence-electron chi connectivity index (χ3n) is 2.77. The SMILES string of the molecule is O=C(O)c1cnn2c(-c3ccc(Cl)cc3)ccnc12. The zero-order valence-corrected chi connectivity index (χ0v) is 10.4. The fourth-order valence-corrected chi connectivity index (χ4v) is 2.01. The lowest BCUT2D eigenvalue weighted by Gasteiger charge is -2.04. The Kier molecular flexibility index (Phi) is 2.68. The molecule has 0 fully saturated rings. The van der Waals surface area contributed by atoms with Crippen molar-refractivity contribution >= 4 is 23.2 Å². The van der Waals surface area contributed by atoms with Gasteiger partial charge < -0.3 is 5.11 Å². The number of nitrogens with zero attached hydrogens (tertiary/aromatic N) is 3. The number of carboxylic acids is 1. The van der Waals surface area contributed by atoms with Crippen LogP contribution in [0.25, 0.3) is 16.9 Å². The molecule has 2 heterocycles. The molecule has 0 saturated carbocycles. The van der Waals surface area contributed by atoms with Gasteiger partial charge in [0.2, 0.25) is 0 Å². The van der Waals surface area contributed by atoms with E-state index in [4.69, 9.17) is 16.7 Å². The Morgan fingerprint density at radius 2 is 1.95 bits per heavy atom. The molecule has 1 N–H and O–H groups in total. The van der Waals surface area contributed by atoms with Crippen molar-refractivity contribution in [3.8, 4) is 11.3 Å². The van der Waals surface area contributed by atoms with Crippen molar-refractivity contribution in [1.29, 1.82) is 0 Å². The molecule has 3 rings (SSSR count). The van der Waals surface area contributed by atoms with Gasteiger partial charge in [0, 0.05) is 16.8 Å². The average molecular weight is 274 g/mol. The molecule has 2 aromatic heterocycles. The van der Waals surface area contributed by atoms with Gasteiger partial charge in [-0.3, -0.25) is 0 Å². The smallest absolute Gasteiger partial charge is 0.341 e. The molecule has 0 aliphatic heterocycles. The Labute approximate surface area is 113 Å². The summed E-state index contributed by atoms with van der Waals surface area (Å²) in [6.07, 6.45) is 2.86. The maximum Gasteiger partial charge on any atom is 0.341 e. The number of benzene rings is 1. The lowest BCUT2D eigenvalue weighted by atomic mass is 10.1. The number of hydrogen-bond acceptors (Lipinski definition) is 3. The van der Waals surface area contributed by atoms with E-state index in [1.807, 2.05) is 12.1 Å². The summed E-state index contributed by atoms with van der Waals surface area (Å²) in [5.74, 6) is -1.05. The highest BCUT2D eigenvalue weighted by Gasteiger charge is 2.14. The van der Waals surface area contributed by atoms with Crippen LogP contribution in [0.1, 0.15) is 10.4 Å². The van der Waals surface area contributed by atoms with Gasteiger partial charge in [-0.25, -0.2) is 14.3 Å². The van der Waals surface area contributed by atoms with E-state index < -0.39 is 5.97 Å². The molecule has 94 valence electrons. The van der Waals surface area contributed by atoms with Crippen molar-refractivity contribution < 1.29 is 9.90 Å². The van der Waals surface area contributed by atoms with Crippen LogP contribution in [-0.2, 0) is 0 Å². The van der Waals surface area contributed by atoms with Crippen molar-refractivity contribution in [2.45, 2.75) is 0 Å². The fourth-order valence-electron chi connectivity index (χ4n) is 1.88. The second kappa shape index (κ2) is 4.37. The molecule has 3 aromatic rings. The third kappa shape index (κ3) is 1.94. The van der Waals surface area contributed by atoms with E-state index in [0.29, 0.717) is 10.7 Å². The van der Waals surface area contributed by atoms with E-state index in [1.165, 1.54) is 10.7 Å². The first-order valence-corrected chi connectivity index (χ1v) is 5.86. The fraction of sp³-hybridized carbons (Fsp3) is 0. The summed E-state index contributed by atoms with van der Waals surface area (Å²) in [5, 5.41) is 13.8. The van der Waals surface area contributed by atoms with Crippen LogP contribution in [0.5, 0.6) is 0 Å². The Bertz CT molecular complexity index is 765.